The Bertz CT molecular complexity index is 999. The number of hydrogen-bond donors (Lipinski definition) is 1. The van der Waals surface area contributed by atoms with E-state index in [1.54, 1.807) is 12.1 Å². The number of aromatic amines is 1. The monoisotopic (exact) mass is 423 g/mol. The highest BCUT2D eigenvalue weighted by atomic mass is 32.2. The first-order valence-electron chi connectivity index (χ1n) is 9.48. The van der Waals surface area contributed by atoms with Crippen molar-refractivity contribution < 1.29 is 18.3 Å². The fourth-order valence-corrected chi connectivity index (χ4v) is 5.08. The Balaban J connectivity index is 1.75. The molecule has 0 aliphatic carbocycles. The molecule has 156 valence electrons. The van der Waals surface area contributed by atoms with E-state index in [0.29, 0.717) is 18.0 Å². The van der Waals surface area contributed by atoms with Crippen LogP contribution in [0.15, 0.2) is 34.1 Å². The first-order valence-corrected chi connectivity index (χ1v) is 10.4. The van der Waals surface area contributed by atoms with Gasteiger partial charge in [0.2, 0.25) is 0 Å². The first kappa shape index (κ1) is 20.2. The van der Waals surface area contributed by atoms with E-state index in [1.807, 2.05) is 31.5 Å². The molecule has 2 aliphatic rings. The standard InChI is InChI=1S/C20H23F2N3O3S/c1-11-23-17-15(16(29-11)12-5-4-6-14(9-12)28-19(21)22)18(26)24-25(17)13-7-8-27-20(2,3)10-13/h4-6,9,13,16,19H,7-8,10H2,1-3H3,(H,24,26)/t13-,16+/m0/s1. The van der Waals surface area contributed by atoms with Crippen molar-refractivity contribution in [1.82, 2.24) is 9.78 Å². The fraction of sp³-hybridized carbons (Fsp3) is 0.500. The van der Waals surface area contributed by atoms with Crippen molar-refractivity contribution in [1.29, 1.82) is 0 Å². The number of ether oxygens (including phenoxy) is 2. The van der Waals surface area contributed by atoms with E-state index >= 15 is 0 Å². The molecule has 0 amide bonds. The summed E-state index contributed by atoms with van der Waals surface area (Å²) in [4.78, 5) is 17.6. The highest BCUT2D eigenvalue weighted by Crippen LogP contribution is 2.46. The molecule has 2 aliphatic heterocycles. The molecule has 1 N–H and O–H groups in total. The average molecular weight is 423 g/mol. The number of thioether (sulfide) groups is 1. The van der Waals surface area contributed by atoms with E-state index in [9.17, 15) is 13.6 Å². The molecule has 6 nitrogen and oxygen atoms in total. The quantitative estimate of drug-likeness (QED) is 0.767. The van der Waals surface area contributed by atoms with Gasteiger partial charge in [-0.1, -0.05) is 23.9 Å². The summed E-state index contributed by atoms with van der Waals surface area (Å²) in [7, 11) is 0. The smallest absolute Gasteiger partial charge is 0.387 e. The molecular formula is C20H23F2N3O3S. The average Bonchev–Trinajstić information content (AvgIpc) is 2.96. The van der Waals surface area contributed by atoms with Gasteiger partial charge in [-0.05, 0) is 51.3 Å². The minimum atomic E-state index is -2.90. The molecular weight excluding hydrogens is 400 g/mol. The predicted octanol–water partition coefficient (Wildman–Crippen LogP) is 4.79. The molecule has 9 heteroatoms. The second-order valence-electron chi connectivity index (χ2n) is 7.88. The van der Waals surface area contributed by atoms with E-state index in [4.69, 9.17) is 4.74 Å². The van der Waals surface area contributed by atoms with Gasteiger partial charge in [-0.15, -0.1) is 0 Å². The molecule has 29 heavy (non-hydrogen) atoms. The SMILES string of the molecule is CC1=Nc2c(c(=O)[nH]n2[C@H]2CCOC(C)(C)C2)[C@@H](c2cccc(OC(F)F)c2)S1. The topological polar surface area (TPSA) is 68.6 Å². The maximum absolute atomic E-state index is 12.9. The number of alkyl halides is 2. The van der Waals surface area contributed by atoms with E-state index in [2.05, 4.69) is 14.8 Å². The number of hydrogen-bond acceptors (Lipinski definition) is 5. The van der Waals surface area contributed by atoms with Crippen LogP contribution in [0.3, 0.4) is 0 Å². The number of aliphatic imine (C=N–C) groups is 1. The van der Waals surface area contributed by atoms with Crippen LogP contribution in [-0.4, -0.2) is 33.6 Å². The van der Waals surface area contributed by atoms with E-state index < -0.39 is 6.61 Å². The maximum atomic E-state index is 12.9. The number of halogens is 2. The number of fused-ring (bicyclic) bond motifs is 1. The zero-order chi connectivity index (χ0) is 20.8. The van der Waals surface area contributed by atoms with E-state index in [1.165, 1.54) is 17.8 Å². The molecule has 2 aromatic rings. The minimum absolute atomic E-state index is 0.0712. The van der Waals surface area contributed by atoms with Gasteiger partial charge in [0.25, 0.3) is 5.56 Å². The second-order valence-corrected chi connectivity index (χ2v) is 9.18. The number of nitrogens with zero attached hydrogens (tertiary/aromatic N) is 2. The molecule has 2 atom stereocenters. The summed E-state index contributed by atoms with van der Waals surface area (Å²) in [5.41, 5.74) is 0.774. The third-order valence-corrected chi connectivity index (χ3v) is 6.35. The van der Waals surface area contributed by atoms with E-state index in [0.717, 1.165) is 23.4 Å². The molecule has 0 bridgehead atoms. The van der Waals surface area contributed by atoms with Gasteiger partial charge in [0.05, 0.1) is 27.5 Å². The van der Waals surface area contributed by atoms with Crippen LogP contribution in [0.25, 0.3) is 0 Å². The number of rotatable bonds is 4. The number of benzene rings is 1. The molecule has 0 spiro atoms. The summed E-state index contributed by atoms with van der Waals surface area (Å²) in [5, 5.41) is 3.43. The Kier molecular flexibility index (Phi) is 5.29. The van der Waals surface area contributed by atoms with Gasteiger partial charge in [-0.25, -0.2) is 4.99 Å². The Hall–Kier alpha value is -2.13. The molecule has 1 saturated heterocycles. The normalized spacial score (nSPS) is 23.6. The van der Waals surface area contributed by atoms with Crippen molar-refractivity contribution >= 4 is 22.6 Å². The van der Waals surface area contributed by atoms with Crippen LogP contribution in [0.2, 0.25) is 0 Å². The molecule has 0 radical (unpaired) electrons. The van der Waals surface area contributed by atoms with Crippen molar-refractivity contribution in [3.63, 3.8) is 0 Å². The van der Waals surface area contributed by atoms with Crippen LogP contribution in [0.1, 0.15) is 56.0 Å². The predicted molar refractivity (Wildman–Crippen MR) is 109 cm³/mol. The van der Waals surface area contributed by atoms with Crippen molar-refractivity contribution in [2.45, 2.75) is 57.1 Å². The summed E-state index contributed by atoms with van der Waals surface area (Å²) in [6.07, 6.45) is 1.54. The van der Waals surface area contributed by atoms with Gasteiger partial charge >= 0.3 is 6.61 Å². The van der Waals surface area contributed by atoms with E-state index in [-0.39, 0.29) is 28.2 Å². The number of nitrogens with one attached hydrogen (secondary N) is 1. The first-order chi connectivity index (χ1) is 13.7. The maximum Gasteiger partial charge on any atom is 0.387 e. The van der Waals surface area contributed by atoms with Crippen LogP contribution in [-0.2, 0) is 4.74 Å². The third kappa shape index (κ3) is 4.11. The van der Waals surface area contributed by atoms with Gasteiger partial charge in [0.1, 0.15) is 5.75 Å². The van der Waals surface area contributed by atoms with Gasteiger partial charge in [-0.3, -0.25) is 14.6 Å². The van der Waals surface area contributed by atoms with Gasteiger partial charge in [0.15, 0.2) is 5.82 Å². The Labute approximate surface area is 171 Å². The summed E-state index contributed by atoms with van der Waals surface area (Å²) < 4.78 is 37.4. The molecule has 4 rings (SSSR count). The number of aromatic nitrogens is 2. The molecule has 1 aromatic heterocycles. The van der Waals surface area contributed by atoms with Gasteiger partial charge < -0.3 is 9.47 Å². The highest BCUT2D eigenvalue weighted by molar-refractivity contribution is 8.14. The zero-order valence-electron chi connectivity index (χ0n) is 16.4. The lowest BCUT2D eigenvalue weighted by Gasteiger charge is -2.36. The third-order valence-electron chi connectivity index (χ3n) is 5.17. The molecule has 3 heterocycles. The van der Waals surface area contributed by atoms with Gasteiger partial charge in [0, 0.05) is 6.61 Å². The summed E-state index contributed by atoms with van der Waals surface area (Å²) in [5.74, 6) is 0.681. The second kappa shape index (κ2) is 7.60. The van der Waals surface area contributed by atoms with Crippen LogP contribution in [0, 0.1) is 0 Å². The van der Waals surface area contributed by atoms with Crippen molar-refractivity contribution in [2.24, 2.45) is 4.99 Å². The lowest BCUT2D eigenvalue weighted by Crippen LogP contribution is -2.35. The summed E-state index contributed by atoms with van der Waals surface area (Å²) in [6.45, 7) is 3.67. The Morgan fingerprint density at radius 1 is 1.41 bits per heavy atom. The minimum Gasteiger partial charge on any atom is -0.435 e. The van der Waals surface area contributed by atoms with Crippen LogP contribution < -0.4 is 10.3 Å². The van der Waals surface area contributed by atoms with Crippen molar-refractivity contribution in [3.8, 4) is 5.75 Å². The highest BCUT2D eigenvalue weighted by Gasteiger charge is 2.35. The summed E-state index contributed by atoms with van der Waals surface area (Å²) >= 11 is 1.43. The lowest BCUT2D eigenvalue weighted by atomic mass is 9.94. The zero-order valence-corrected chi connectivity index (χ0v) is 17.3. The lowest BCUT2D eigenvalue weighted by molar-refractivity contribution is -0.0705. The van der Waals surface area contributed by atoms with Crippen molar-refractivity contribution in [2.75, 3.05) is 6.61 Å². The number of H-pyrrole nitrogens is 1. The Morgan fingerprint density at radius 2 is 2.21 bits per heavy atom. The van der Waals surface area contributed by atoms with Crippen LogP contribution in [0.4, 0.5) is 14.6 Å². The molecule has 1 fully saturated rings. The molecule has 1 aromatic carbocycles. The Morgan fingerprint density at radius 3 is 2.93 bits per heavy atom. The molecule has 0 saturated carbocycles. The van der Waals surface area contributed by atoms with Gasteiger partial charge in [-0.2, -0.15) is 8.78 Å². The molecule has 0 unspecified atom stereocenters. The van der Waals surface area contributed by atoms with Crippen LogP contribution >= 0.6 is 11.8 Å². The summed E-state index contributed by atoms with van der Waals surface area (Å²) in [6, 6.07) is 6.57. The fourth-order valence-electron chi connectivity index (χ4n) is 3.98. The largest absolute Gasteiger partial charge is 0.435 e. The van der Waals surface area contributed by atoms with Crippen molar-refractivity contribution in [3.05, 3.63) is 45.7 Å². The van der Waals surface area contributed by atoms with Crippen LogP contribution in [0.5, 0.6) is 5.75 Å².